The molecule has 156 valence electrons. The SMILES string of the molecule is CCCCC(CC)COC(=O)C(Cc1ccc(OC)cc1)N(C(C)=O)C(C)=O. The molecule has 2 unspecified atom stereocenters. The van der Waals surface area contributed by atoms with Gasteiger partial charge in [-0.25, -0.2) is 4.79 Å². The summed E-state index contributed by atoms with van der Waals surface area (Å²) in [5.74, 6) is -0.508. The van der Waals surface area contributed by atoms with Crippen molar-refractivity contribution in [2.24, 2.45) is 5.92 Å². The molecule has 2 atom stereocenters. The van der Waals surface area contributed by atoms with Crippen molar-refractivity contribution in [3.05, 3.63) is 29.8 Å². The van der Waals surface area contributed by atoms with Crippen LogP contribution in [0.15, 0.2) is 24.3 Å². The third kappa shape index (κ3) is 7.33. The molecule has 1 rings (SSSR count). The largest absolute Gasteiger partial charge is 0.497 e. The second-order valence-electron chi connectivity index (χ2n) is 7.02. The van der Waals surface area contributed by atoms with E-state index < -0.39 is 23.8 Å². The Bertz CT molecular complexity index is 627. The number of hydrogen-bond acceptors (Lipinski definition) is 5. The van der Waals surface area contributed by atoms with Crippen LogP contribution in [0.1, 0.15) is 58.9 Å². The number of rotatable bonds is 11. The standard InChI is InChI=1S/C22H33NO5/c1-6-8-9-18(7-2)15-28-22(26)21(23(16(3)24)17(4)25)14-19-10-12-20(27-5)13-11-19/h10-13,18,21H,6-9,14-15H2,1-5H3. The first kappa shape index (κ1) is 23.7. The molecule has 0 aliphatic carbocycles. The molecule has 0 spiro atoms. The number of nitrogens with zero attached hydrogens (tertiary/aromatic N) is 1. The van der Waals surface area contributed by atoms with Gasteiger partial charge in [0.05, 0.1) is 13.7 Å². The molecule has 1 aromatic carbocycles. The average Bonchev–Trinajstić information content (AvgIpc) is 2.67. The second kappa shape index (κ2) is 12.2. The number of unbranched alkanes of at least 4 members (excludes halogenated alkanes) is 1. The van der Waals surface area contributed by atoms with E-state index in [4.69, 9.17) is 9.47 Å². The highest BCUT2D eigenvalue weighted by atomic mass is 16.5. The van der Waals surface area contributed by atoms with Crippen LogP contribution in [-0.4, -0.2) is 42.4 Å². The fraction of sp³-hybridized carbons (Fsp3) is 0.591. The molecule has 28 heavy (non-hydrogen) atoms. The van der Waals surface area contributed by atoms with E-state index in [0.29, 0.717) is 12.4 Å². The molecule has 0 radical (unpaired) electrons. The third-order valence-electron chi connectivity index (χ3n) is 4.85. The molecule has 1 aromatic rings. The quantitative estimate of drug-likeness (QED) is 0.537. The zero-order chi connectivity index (χ0) is 21.1. The fourth-order valence-corrected chi connectivity index (χ4v) is 3.12. The first-order chi connectivity index (χ1) is 13.3. The van der Waals surface area contributed by atoms with Gasteiger partial charge in [-0.2, -0.15) is 0 Å². The van der Waals surface area contributed by atoms with Crippen molar-refractivity contribution >= 4 is 17.8 Å². The average molecular weight is 392 g/mol. The minimum absolute atomic E-state index is 0.202. The van der Waals surface area contributed by atoms with Gasteiger partial charge in [-0.15, -0.1) is 0 Å². The number of carbonyl (C=O) groups is 3. The summed E-state index contributed by atoms with van der Waals surface area (Å²) in [7, 11) is 1.57. The number of ether oxygens (including phenoxy) is 2. The third-order valence-corrected chi connectivity index (χ3v) is 4.85. The maximum Gasteiger partial charge on any atom is 0.329 e. The first-order valence-electron chi connectivity index (χ1n) is 9.93. The molecule has 0 saturated heterocycles. The molecule has 6 nitrogen and oxygen atoms in total. The topological polar surface area (TPSA) is 72.9 Å². The van der Waals surface area contributed by atoms with Crippen LogP contribution in [0.5, 0.6) is 5.75 Å². The zero-order valence-electron chi connectivity index (χ0n) is 17.7. The zero-order valence-corrected chi connectivity index (χ0v) is 17.7. The summed E-state index contributed by atoms with van der Waals surface area (Å²) in [4.78, 5) is 37.9. The number of imide groups is 1. The molecule has 6 heteroatoms. The lowest BCUT2D eigenvalue weighted by molar-refractivity contribution is -0.161. The minimum Gasteiger partial charge on any atom is -0.497 e. The van der Waals surface area contributed by atoms with Crippen LogP contribution in [0, 0.1) is 5.92 Å². The van der Waals surface area contributed by atoms with E-state index in [2.05, 4.69) is 13.8 Å². The fourth-order valence-electron chi connectivity index (χ4n) is 3.12. The summed E-state index contributed by atoms with van der Waals surface area (Å²) in [6.45, 7) is 7.07. The van der Waals surface area contributed by atoms with E-state index in [1.165, 1.54) is 13.8 Å². The Hall–Kier alpha value is -2.37. The van der Waals surface area contributed by atoms with Gasteiger partial charge in [0.25, 0.3) is 0 Å². The summed E-state index contributed by atoms with van der Waals surface area (Å²) in [5, 5.41) is 0. The summed E-state index contributed by atoms with van der Waals surface area (Å²) < 4.78 is 10.7. The minimum atomic E-state index is -0.980. The second-order valence-corrected chi connectivity index (χ2v) is 7.02. The molecule has 0 saturated carbocycles. The van der Waals surface area contributed by atoms with Gasteiger partial charge in [-0.1, -0.05) is 45.2 Å². The number of hydrogen-bond donors (Lipinski definition) is 0. The number of methoxy groups -OCH3 is 1. The maximum absolute atomic E-state index is 12.8. The van der Waals surface area contributed by atoms with E-state index >= 15 is 0 Å². The van der Waals surface area contributed by atoms with Gasteiger partial charge >= 0.3 is 5.97 Å². The van der Waals surface area contributed by atoms with Crippen molar-refractivity contribution in [3.8, 4) is 5.75 Å². The molecule has 0 bridgehead atoms. The number of benzene rings is 1. The van der Waals surface area contributed by atoms with E-state index in [0.717, 1.165) is 36.1 Å². The number of esters is 1. The van der Waals surface area contributed by atoms with Crippen molar-refractivity contribution in [3.63, 3.8) is 0 Å². The molecule has 0 N–H and O–H groups in total. The Balaban J connectivity index is 2.96. The van der Waals surface area contributed by atoms with Crippen LogP contribution in [0.4, 0.5) is 0 Å². The molecule has 0 heterocycles. The van der Waals surface area contributed by atoms with Gasteiger partial charge in [0.2, 0.25) is 11.8 Å². The highest BCUT2D eigenvalue weighted by molar-refractivity contribution is 5.97. The molecular formula is C22H33NO5. The van der Waals surface area contributed by atoms with Crippen molar-refractivity contribution < 1.29 is 23.9 Å². The lowest BCUT2D eigenvalue weighted by Gasteiger charge is -2.27. The predicted octanol–water partition coefficient (Wildman–Crippen LogP) is 3.76. The molecule has 2 amide bonds. The predicted molar refractivity (Wildman–Crippen MR) is 108 cm³/mol. The maximum atomic E-state index is 12.8. The molecule has 0 aromatic heterocycles. The van der Waals surface area contributed by atoms with Gasteiger partial charge < -0.3 is 9.47 Å². The van der Waals surface area contributed by atoms with Gasteiger partial charge in [-0.05, 0) is 30.0 Å². The normalized spacial score (nSPS) is 12.8. The van der Waals surface area contributed by atoms with Crippen molar-refractivity contribution in [2.75, 3.05) is 13.7 Å². The highest BCUT2D eigenvalue weighted by Crippen LogP contribution is 2.18. The van der Waals surface area contributed by atoms with Gasteiger partial charge in [-0.3, -0.25) is 14.5 Å². The number of amides is 2. The van der Waals surface area contributed by atoms with Crippen LogP contribution in [0.2, 0.25) is 0 Å². The summed E-state index contributed by atoms with van der Waals surface area (Å²) in [5.41, 5.74) is 0.813. The summed E-state index contributed by atoms with van der Waals surface area (Å²) in [6, 6.07) is 6.21. The summed E-state index contributed by atoms with van der Waals surface area (Å²) in [6.07, 6.45) is 4.28. The van der Waals surface area contributed by atoms with Gasteiger partial charge in [0.1, 0.15) is 11.8 Å². The summed E-state index contributed by atoms with van der Waals surface area (Å²) >= 11 is 0. The lowest BCUT2D eigenvalue weighted by atomic mass is 10.0. The monoisotopic (exact) mass is 391 g/mol. The Morgan fingerprint density at radius 1 is 1.04 bits per heavy atom. The van der Waals surface area contributed by atoms with Crippen LogP contribution < -0.4 is 4.74 Å². The van der Waals surface area contributed by atoms with Crippen LogP contribution in [0.3, 0.4) is 0 Å². The van der Waals surface area contributed by atoms with E-state index in [1.54, 1.807) is 19.2 Å². The lowest BCUT2D eigenvalue weighted by Crippen LogP contribution is -2.49. The van der Waals surface area contributed by atoms with E-state index in [9.17, 15) is 14.4 Å². The van der Waals surface area contributed by atoms with Crippen LogP contribution >= 0.6 is 0 Å². The van der Waals surface area contributed by atoms with Crippen LogP contribution in [0.25, 0.3) is 0 Å². The number of carbonyl (C=O) groups excluding carboxylic acids is 3. The molecular weight excluding hydrogens is 358 g/mol. The highest BCUT2D eigenvalue weighted by Gasteiger charge is 2.33. The van der Waals surface area contributed by atoms with Gasteiger partial charge in [0.15, 0.2) is 0 Å². The first-order valence-corrected chi connectivity index (χ1v) is 9.93. The molecule has 0 aliphatic rings. The Morgan fingerprint density at radius 3 is 2.11 bits per heavy atom. The van der Waals surface area contributed by atoms with Crippen molar-refractivity contribution in [1.29, 1.82) is 0 Å². The Kier molecular flexibility index (Phi) is 10.3. The smallest absolute Gasteiger partial charge is 0.329 e. The molecule has 0 aliphatic heterocycles. The Labute approximate surface area is 168 Å². The molecule has 0 fully saturated rings. The van der Waals surface area contributed by atoms with Gasteiger partial charge in [0, 0.05) is 20.3 Å². The van der Waals surface area contributed by atoms with Crippen molar-refractivity contribution in [1.82, 2.24) is 4.90 Å². The van der Waals surface area contributed by atoms with E-state index in [-0.39, 0.29) is 12.3 Å². The van der Waals surface area contributed by atoms with E-state index in [1.807, 2.05) is 12.1 Å². The van der Waals surface area contributed by atoms with Crippen molar-refractivity contribution in [2.45, 2.75) is 65.8 Å². The van der Waals surface area contributed by atoms with Crippen LogP contribution in [-0.2, 0) is 25.5 Å². The Morgan fingerprint density at radius 2 is 1.64 bits per heavy atom.